The van der Waals surface area contributed by atoms with Gasteiger partial charge >= 0.3 is 0 Å². The van der Waals surface area contributed by atoms with E-state index in [-0.39, 0.29) is 29.5 Å². The number of nitrogens with zero attached hydrogens (tertiary/aromatic N) is 4. The molecule has 1 atom stereocenters. The molecule has 3 rings (SSSR count). The zero-order valence-corrected chi connectivity index (χ0v) is 17.3. The average Bonchev–Trinajstić information content (AvgIpc) is 2.70. The molecule has 0 radical (unpaired) electrons. The first kappa shape index (κ1) is 21.2. The molecule has 9 heteroatoms. The number of anilines is 1. The minimum Gasteiger partial charge on any atom is -0.439 e. The molecule has 1 aliphatic rings. The van der Waals surface area contributed by atoms with Crippen LogP contribution >= 0.6 is 11.6 Å². The van der Waals surface area contributed by atoms with Crippen molar-refractivity contribution in [2.45, 2.75) is 26.8 Å². The molecule has 1 fully saturated rings. The number of halogens is 3. The molecule has 1 amide bonds. The molecule has 1 saturated heterocycles. The molecule has 1 aliphatic heterocycles. The Balaban J connectivity index is 1.70. The minimum atomic E-state index is -0.994. The molecule has 0 spiro atoms. The van der Waals surface area contributed by atoms with Crippen molar-refractivity contribution in [2.75, 3.05) is 30.4 Å². The monoisotopic (exact) mass is 424 g/mol. The van der Waals surface area contributed by atoms with Gasteiger partial charge in [-0.05, 0) is 32.9 Å². The van der Waals surface area contributed by atoms with Gasteiger partial charge in [-0.1, -0.05) is 0 Å². The fourth-order valence-corrected chi connectivity index (χ4v) is 3.25. The summed E-state index contributed by atoms with van der Waals surface area (Å²) < 4.78 is 32.0. The SMILES string of the molecule is C[C@@H]1CN(c2cc(Oc3ccc(F)c(F)c3)ncn2)CCN1C(=O)C(C)(C)CCl. The van der Waals surface area contributed by atoms with Crippen LogP contribution in [0.2, 0.25) is 0 Å². The molecule has 0 saturated carbocycles. The maximum atomic E-state index is 13.4. The van der Waals surface area contributed by atoms with Crippen LogP contribution in [-0.4, -0.2) is 52.3 Å². The largest absolute Gasteiger partial charge is 0.439 e. The molecule has 2 heterocycles. The van der Waals surface area contributed by atoms with Gasteiger partial charge in [0.2, 0.25) is 11.8 Å². The smallest absolute Gasteiger partial charge is 0.229 e. The summed E-state index contributed by atoms with van der Waals surface area (Å²) in [6, 6.07) is 4.89. The Kier molecular flexibility index (Phi) is 6.21. The number of piperazine rings is 1. The van der Waals surface area contributed by atoms with Crippen molar-refractivity contribution in [1.29, 1.82) is 0 Å². The van der Waals surface area contributed by atoms with Gasteiger partial charge in [-0.15, -0.1) is 11.6 Å². The lowest BCUT2D eigenvalue weighted by atomic mass is 9.93. The van der Waals surface area contributed by atoms with E-state index in [1.807, 2.05) is 30.6 Å². The lowest BCUT2D eigenvalue weighted by Crippen LogP contribution is -2.57. The fourth-order valence-electron chi connectivity index (χ4n) is 3.13. The highest BCUT2D eigenvalue weighted by Crippen LogP contribution is 2.27. The first-order valence-electron chi connectivity index (χ1n) is 9.28. The number of hydrogen-bond acceptors (Lipinski definition) is 5. The van der Waals surface area contributed by atoms with Crippen LogP contribution in [0.5, 0.6) is 11.6 Å². The van der Waals surface area contributed by atoms with Crippen molar-refractivity contribution in [3.63, 3.8) is 0 Å². The number of aromatic nitrogens is 2. The van der Waals surface area contributed by atoms with E-state index < -0.39 is 17.0 Å². The van der Waals surface area contributed by atoms with E-state index in [0.717, 1.165) is 12.1 Å². The zero-order chi connectivity index (χ0) is 21.2. The van der Waals surface area contributed by atoms with Gasteiger partial charge in [0.1, 0.15) is 17.9 Å². The van der Waals surface area contributed by atoms with Crippen LogP contribution in [0.25, 0.3) is 0 Å². The second-order valence-corrected chi connectivity index (χ2v) is 7.97. The van der Waals surface area contributed by atoms with Gasteiger partial charge in [0.05, 0.1) is 5.41 Å². The lowest BCUT2D eigenvalue weighted by Gasteiger charge is -2.43. The molecule has 0 N–H and O–H groups in total. The second kappa shape index (κ2) is 8.49. The first-order valence-corrected chi connectivity index (χ1v) is 9.81. The summed E-state index contributed by atoms with van der Waals surface area (Å²) in [7, 11) is 0. The molecule has 6 nitrogen and oxygen atoms in total. The summed E-state index contributed by atoms with van der Waals surface area (Å²) in [4.78, 5) is 24.9. The highest BCUT2D eigenvalue weighted by Gasteiger charge is 2.36. The Morgan fingerprint density at radius 3 is 2.66 bits per heavy atom. The van der Waals surface area contributed by atoms with Crippen molar-refractivity contribution in [1.82, 2.24) is 14.9 Å². The highest BCUT2D eigenvalue weighted by molar-refractivity contribution is 6.19. The normalized spacial score (nSPS) is 17.4. The third-order valence-electron chi connectivity index (χ3n) is 4.87. The summed E-state index contributed by atoms with van der Waals surface area (Å²) in [5.74, 6) is -0.658. The molecule has 29 heavy (non-hydrogen) atoms. The van der Waals surface area contributed by atoms with E-state index in [9.17, 15) is 13.6 Å². The van der Waals surface area contributed by atoms with Crippen molar-refractivity contribution < 1.29 is 18.3 Å². The van der Waals surface area contributed by atoms with Crippen LogP contribution in [0.1, 0.15) is 20.8 Å². The van der Waals surface area contributed by atoms with Crippen LogP contribution in [0.15, 0.2) is 30.6 Å². The maximum Gasteiger partial charge on any atom is 0.229 e. The fraction of sp³-hybridized carbons (Fsp3) is 0.450. The molecule has 0 aliphatic carbocycles. The lowest BCUT2D eigenvalue weighted by molar-refractivity contribution is -0.141. The van der Waals surface area contributed by atoms with Crippen LogP contribution in [0.4, 0.5) is 14.6 Å². The number of rotatable bonds is 5. The summed E-state index contributed by atoms with van der Waals surface area (Å²) in [6.45, 7) is 7.39. The molecule has 0 unspecified atom stereocenters. The molecule has 156 valence electrons. The van der Waals surface area contributed by atoms with Crippen molar-refractivity contribution in [3.05, 3.63) is 42.2 Å². The third kappa shape index (κ3) is 4.75. The van der Waals surface area contributed by atoms with Crippen LogP contribution in [-0.2, 0) is 4.79 Å². The van der Waals surface area contributed by atoms with Gasteiger partial charge in [0, 0.05) is 43.7 Å². The highest BCUT2D eigenvalue weighted by atomic mass is 35.5. The molecule has 2 aromatic rings. The standard InChI is InChI=1S/C20H23ClF2N4O2/c1-13-10-26(6-7-27(13)19(28)20(2,3)11-21)17-9-18(25-12-24-17)29-14-4-5-15(22)16(23)8-14/h4-5,8-9,12-13H,6-7,10-11H2,1-3H3/t13-/m1/s1. The van der Waals surface area contributed by atoms with Gasteiger partial charge in [-0.25, -0.2) is 18.7 Å². The summed E-state index contributed by atoms with van der Waals surface area (Å²) >= 11 is 5.95. The van der Waals surface area contributed by atoms with Crippen molar-refractivity contribution >= 4 is 23.3 Å². The topological polar surface area (TPSA) is 58.6 Å². The van der Waals surface area contributed by atoms with Crippen molar-refractivity contribution in [2.24, 2.45) is 5.41 Å². The molecular formula is C20H23ClF2N4O2. The number of amides is 1. The van der Waals surface area contributed by atoms with Crippen LogP contribution < -0.4 is 9.64 Å². The van der Waals surface area contributed by atoms with E-state index in [2.05, 4.69) is 9.97 Å². The Hall–Kier alpha value is -2.48. The van der Waals surface area contributed by atoms with Gasteiger partial charge in [-0.3, -0.25) is 4.79 Å². The maximum absolute atomic E-state index is 13.4. The number of carbonyl (C=O) groups is 1. The minimum absolute atomic E-state index is 0.0238. The second-order valence-electron chi connectivity index (χ2n) is 7.70. The number of alkyl halides is 1. The van der Waals surface area contributed by atoms with E-state index in [4.69, 9.17) is 16.3 Å². The Morgan fingerprint density at radius 2 is 2.00 bits per heavy atom. The zero-order valence-electron chi connectivity index (χ0n) is 16.5. The summed E-state index contributed by atoms with van der Waals surface area (Å²) in [6.07, 6.45) is 1.35. The van der Waals surface area contributed by atoms with E-state index in [1.54, 1.807) is 6.07 Å². The van der Waals surface area contributed by atoms with Gasteiger partial charge in [0.15, 0.2) is 11.6 Å². The number of carbonyl (C=O) groups excluding carboxylic acids is 1. The summed E-state index contributed by atoms with van der Waals surface area (Å²) in [5.41, 5.74) is -0.613. The van der Waals surface area contributed by atoms with E-state index >= 15 is 0 Å². The molecular weight excluding hydrogens is 402 g/mol. The molecule has 1 aromatic heterocycles. The Morgan fingerprint density at radius 1 is 1.24 bits per heavy atom. The number of benzene rings is 1. The predicted octanol–water partition coefficient (Wildman–Crippen LogP) is 3.85. The molecule has 1 aromatic carbocycles. The van der Waals surface area contributed by atoms with Crippen LogP contribution in [0, 0.1) is 17.0 Å². The summed E-state index contributed by atoms with van der Waals surface area (Å²) in [5, 5.41) is 0. The first-order chi connectivity index (χ1) is 13.7. The van der Waals surface area contributed by atoms with Gasteiger partial charge in [-0.2, -0.15) is 0 Å². The Bertz CT molecular complexity index is 897. The average molecular weight is 425 g/mol. The third-order valence-corrected chi connectivity index (χ3v) is 5.53. The Labute approximate surface area is 173 Å². The number of hydrogen-bond donors (Lipinski definition) is 0. The molecule has 0 bridgehead atoms. The van der Waals surface area contributed by atoms with Crippen LogP contribution in [0.3, 0.4) is 0 Å². The number of ether oxygens (including phenoxy) is 1. The van der Waals surface area contributed by atoms with E-state index in [0.29, 0.717) is 25.5 Å². The van der Waals surface area contributed by atoms with Gasteiger partial charge in [0.25, 0.3) is 0 Å². The van der Waals surface area contributed by atoms with Gasteiger partial charge < -0.3 is 14.5 Å². The van der Waals surface area contributed by atoms with E-state index in [1.165, 1.54) is 12.4 Å². The van der Waals surface area contributed by atoms with Crippen molar-refractivity contribution in [3.8, 4) is 11.6 Å². The predicted molar refractivity (Wildman–Crippen MR) is 106 cm³/mol. The quantitative estimate of drug-likeness (QED) is 0.682.